The largest absolute Gasteiger partial charge is 0.352 e. The molecule has 0 spiro atoms. The molecular formula is C20H25N3O2S. The molecule has 2 atom stereocenters. The molecule has 26 heavy (non-hydrogen) atoms. The standard InChI is InChI=1S/C20H25N3O2S/c1-13(2)21-18(24)12-23(3)20(25)15-9-5-4-8-14(15)19-22-16-10-6-7-11-17(16)26-19/h4-7,10-11,13-15H,8-9,12H2,1-3H3,(H,21,24)/t14-,15+/m1/s1. The van der Waals surface area contributed by atoms with E-state index < -0.39 is 0 Å². The van der Waals surface area contributed by atoms with Gasteiger partial charge in [0.1, 0.15) is 0 Å². The highest BCUT2D eigenvalue weighted by atomic mass is 32.1. The predicted molar refractivity (Wildman–Crippen MR) is 105 cm³/mol. The summed E-state index contributed by atoms with van der Waals surface area (Å²) in [5.74, 6) is -0.214. The summed E-state index contributed by atoms with van der Waals surface area (Å²) in [6, 6.07) is 8.13. The molecule has 1 heterocycles. The fourth-order valence-electron chi connectivity index (χ4n) is 3.35. The van der Waals surface area contributed by atoms with Crippen molar-refractivity contribution in [1.82, 2.24) is 15.2 Å². The first-order valence-electron chi connectivity index (χ1n) is 9.00. The summed E-state index contributed by atoms with van der Waals surface area (Å²) in [7, 11) is 1.70. The monoisotopic (exact) mass is 371 g/mol. The number of carbonyl (C=O) groups is 2. The molecule has 6 heteroatoms. The second-order valence-electron chi connectivity index (χ2n) is 7.09. The molecule has 1 aliphatic carbocycles. The van der Waals surface area contributed by atoms with Crippen LogP contribution in [0.1, 0.15) is 37.6 Å². The molecule has 0 bridgehead atoms. The minimum atomic E-state index is -0.169. The first-order chi connectivity index (χ1) is 12.5. The van der Waals surface area contributed by atoms with Crippen molar-refractivity contribution in [2.24, 2.45) is 5.92 Å². The number of fused-ring (bicyclic) bond motifs is 1. The number of allylic oxidation sites excluding steroid dienone is 2. The van der Waals surface area contributed by atoms with Crippen LogP contribution >= 0.6 is 11.3 Å². The van der Waals surface area contributed by atoms with Gasteiger partial charge in [-0.3, -0.25) is 9.59 Å². The van der Waals surface area contributed by atoms with Gasteiger partial charge in [-0.25, -0.2) is 4.98 Å². The highest BCUT2D eigenvalue weighted by molar-refractivity contribution is 7.18. The Kier molecular flexibility index (Phi) is 5.71. The van der Waals surface area contributed by atoms with Crippen molar-refractivity contribution in [3.05, 3.63) is 41.4 Å². The van der Waals surface area contributed by atoms with Crippen molar-refractivity contribution in [1.29, 1.82) is 0 Å². The van der Waals surface area contributed by atoms with Crippen molar-refractivity contribution in [2.45, 2.75) is 38.6 Å². The van der Waals surface area contributed by atoms with E-state index in [1.807, 2.05) is 32.0 Å². The van der Waals surface area contributed by atoms with E-state index in [0.717, 1.165) is 21.6 Å². The maximum Gasteiger partial charge on any atom is 0.239 e. The normalized spacial score (nSPS) is 19.7. The number of hydrogen-bond donors (Lipinski definition) is 1. The fourth-order valence-corrected chi connectivity index (χ4v) is 4.50. The summed E-state index contributed by atoms with van der Waals surface area (Å²) < 4.78 is 1.15. The van der Waals surface area contributed by atoms with Gasteiger partial charge in [0.15, 0.2) is 0 Å². The Morgan fingerprint density at radius 3 is 2.73 bits per heavy atom. The van der Waals surface area contributed by atoms with Gasteiger partial charge in [0.2, 0.25) is 11.8 Å². The van der Waals surface area contributed by atoms with Crippen LogP contribution < -0.4 is 5.32 Å². The second-order valence-corrected chi connectivity index (χ2v) is 8.15. The average molecular weight is 372 g/mol. The maximum absolute atomic E-state index is 13.0. The fraction of sp³-hybridized carbons (Fsp3) is 0.450. The Labute approximate surface area is 158 Å². The van der Waals surface area contributed by atoms with Gasteiger partial charge in [-0.1, -0.05) is 24.3 Å². The van der Waals surface area contributed by atoms with Gasteiger partial charge in [-0.15, -0.1) is 11.3 Å². The molecule has 1 aromatic heterocycles. The summed E-state index contributed by atoms with van der Waals surface area (Å²) in [5.41, 5.74) is 0.984. The third-order valence-corrected chi connectivity index (χ3v) is 5.75. The quantitative estimate of drug-likeness (QED) is 0.820. The lowest BCUT2D eigenvalue weighted by molar-refractivity contribution is -0.138. The van der Waals surface area contributed by atoms with E-state index in [0.29, 0.717) is 6.42 Å². The Morgan fingerprint density at radius 1 is 1.27 bits per heavy atom. The Balaban J connectivity index is 1.77. The van der Waals surface area contributed by atoms with Crippen molar-refractivity contribution >= 4 is 33.4 Å². The molecule has 0 saturated heterocycles. The summed E-state index contributed by atoms with van der Waals surface area (Å²) in [6.45, 7) is 3.91. The van der Waals surface area contributed by atoms with Gasteiger partial charge in [-0.2, -0.15) is 0 Å². The minimum absolute atomic E-state index is 0.0116. The van der Waals surface area contributed by atoms with Gasteiger partial charge >= 0.3 is 0 Å². The lowest BCUT2D eigenvalue weighted by Crippen LogP contribution is -2.44. The van der Waals surface area contributed by atoms with Crippen molar-refractivity contribution in [3.63, 3.8) is 0 Å². The summed E-state index contributed by atoms with van der Waals surface area (Å²) in [6.07, 6.45) is 5.69. The number of benzene rings is 1. The number of nitrogens with zero attached hydrogens (tertiary/aromatic N) is 2. The number of amides is 2. The van der Waals surface area contributed by atoms with Crippen molar-refractivity contribution in [2.75, 3.05) is 13.6 Å². The zero-order valence-electron chi connectivity index (χ0n) is 15.4. The number of thiazole rings is 1. The van der Waals surface area contributed by atoms with Crippen LogP contribution in [-0.2, 0) is 9.59 Å². The predicted octanol–water partition coefficient (Wildman–Crippen LogP) is 3.33. The Morgan fingerprint density at radius 2 is 2.00 bits per heavy atom. The molecule has 1 N–H and O–H groups in total. The van der Waals surface area contributed by atoms with Crippen LogP contribution in [0.3, 0.4) is 0 Å². The van der Waals surface area contributed by atoms with Gasteiger partial charge in [-0.05, 0) is 38.8 Å². The van der Waals surface area contributed by atoms with Gasteiger partial charge < -0.3 is 10.2 Å². The van der Waals surface area contributed by atoms with Crippen LogP contribution in [0.5, 0.6) is 0 Å². The smallest absolute Gasteiger partial charge is 0.239 e. The number of rotatable bonds is 5. The average Bonchev–Trinajstić information content (AvgIpc) is 3.04. The molecule has 0 fully saturated rings. The third-order valence-electron chi connectivity index (χ3n) is 4.58. The van der Waals surface area contributed by atoms with Gasteiger partial charge in [0.25, 0.3) is 0 Å². The molecule has 1 aromatic carbocycles. The maximum atomic E-state index is 13.0. The molecule has 1 aliphatic rings. The lowest BCUT2D eigenvalue weighted by atomic mass is 9.82. The number of nitrogens with one attached hydrogen (secondary N) is 1. The Bertz CT molecular complexity index is 794. The molecule has 0 aliphatic heterocycles. The second kappa shape index (κ2) is 7.99. The number of likely N-dealkylation sites (N-methyl/N-ethyl adjacent to an activating group) is 1. The molecule has 0 unspecified atom stereocenters. The lowest BCUT2D eigenvalue weighted by Gasteiger charge is -2.29. The molecular weight excluding hydrogens is 346 g/mol. The van der Waals surface area contributed by atoms with Crippen LogP contribution in [-0.4, -0.2) is 41.3 Å². The Hall–Kier alpha value is -2.21. The van der Waals surface area contributed by atoms with E-state index in [4.69, 9.17) is 4.98 Å². The van der Waals surface area contributed by atoms with Gasteiger partial charge in [0, 0.05) is 19.0 Å². The van der Waals surface area contributed by atoms with Crippen molar-refractivity contribution in [3.8, 4) is 0 Å². The number of hydrogen-bond acceptors (Lipinski definition) is 4. The number of carbonyl (C=O) groups excluding carboxylic acids is 2. The number of aromatic nitrogens is 1. The van der Waals surface area contributed by atoms with Crippen LogP contribution in [0, 0.1) is 5.92 Å². The molecule has 138 valence electrons. The van der Waals surface area contributed by atoms with Crippen LogP contribution in [0.15, 0.2) is 36.4 Å². The van der Waals surface area contributed by atoms with E-state index in [1.54, 1.807) is 23.3 Å². The van der Waals surface area contributed by atoms with Crippen LogP contribution in [0.4, 0.5) is 0 Å². The molecule has 0 saturated carbocycles. The van der Waals surface area contributed by atoms with Crippen LogP contribution in [0.25, 0.3) is 10.2 Å². The van der Waals surface area contributed by atoms with E-state index >= 15 is 0 Å². The zero-order valence-corrected chi connectivity index (χ0v) is 16.3. The van der Waals surface area contributed by atoms with Crippen LogP contribution in [0.2, 0.25) is 0 Å². The summed E-state index contributed by atoms with van der Waals surface area (Å²) >= 11 is 1.66. The van der Waals surface area contributed by atoms with E-state index in [9.17, 15) is 9.59 Å². The summed E-state index contributed by atoms with van der Waals surface area (Å²) in [5, 5.41) is 3.84. The van der Waals surface area contributed by atoms with Gasteiger partial charge in [0.05, 0.1) is 27.7 Å². The van der Waals surface area contributed by atoms with E-state index in [2.05, 4.69) is 23.5 Å². The number of para-hydroxylation sites is 1. The third kappa shape index (κ3) is 4.12. The molecule has 2 aromatic rings. The first-order valence-corrected chi connectivity index (χ1v) is 9.82. The molecule has 3 rings (SSSR count). The molecule has 2 amide bonds. The molecule has 5 nitrogen and oxygen atoms in total. The molecule has 0 radical (unpaired) electrons. The highest BCUT2D eigenvalue weighted by Gasteiger charge is 2.34. The first kappa shape index (κ1) is 18.6. The van der Waals surface area contributed by atoms with E-state index in [-0.39, 0.29) is 36.2 Å². The minimum Gasteiger partial charge on any atom is -0.352 e. The topological polar surface area (TPSA) is 62.3 Å². The zero-order chi connectivity index (χ0) is 18.7. The van der Waals surface area contributed by atoms with E-state index in [1.165, 1.54) is 0 Å². The summed E-state index contributed by atoms with van der Waals surface area (Å²) in [4.78, 5) is 31.3. The van der Waals surface area contributed by atoms with Crippen molar-refractivity contribution < 1.29 is 9.59 Å². The highest BCUT2D eigenvalue weighted by Crippen LogP contribution is 2.39. The SMILES string of the molecule is CC(C)NC(=O)CN(C)C(=O)[C@H]1CC=CC[C@H]1c1nc2ccccc2s1.